The summed E-state index contributed by atoms with van der Waals surface area (Å²) in [6.45, 7) is 6.82. The number of hydrogen-bond donors (Lipinski definition) is 0. The molecule has 0 amide bonds. The van der Waals surface area contributed by atoms with E-state index < -0.39 is 0 Å². The maximum atomic E-state index is 6.18. The predicted molar refractivity (Wildman–Crippen MR) is 75.8 cm³/mol. The van der Waals surface area contributed by atoms with E-state index in [1.807, 2.05) is 0 Å². The molecule has 2 rings (SSSR count). The van der Waals surface area contributed by atoms with E-state index in [-0.39, 0.29) is 0 Å². The highest BCUT2D eigenvalue weighted by molar-refractivity contribution is 6.18. The molecule has 0 aliphatic heterocycles. The molecule has 0 nitrogen and oxygen atoms in total. The van der Waals surface area contributed by atoms with Crippen LogP contribution in [0.3, 0.4) is 0 Å². The Morgan fingerprint density at radius 3 is 2.24 bits per heavy atom. The van der Waals surface area contributed by atoms with Crippen molar-refractivity contribution in [2.24, 2.45) is 11.3 Å². The number of benzene rings is 1. The lowest BCUT2D eigenvalue weighted by atomic mass is 9.80. The molecule has 1 aliphatic rings. The van der Waals surface area contributed by atoms with E-state index in [9.17, 15) is 0 Å². The Balaban J connectivity index is 2.07. The van der Waals surface area contributed by atoms with E-state index in [0.717, 1.165) is 18.2 Å². The molecule has 1 aliphatic carbocycles. The van der Waals surface area contributed by atoms with Crippen molar-refractivity contribution in [3.8, 4) is 0 Å². The second kappa shape index (κ2) is 5.02. The Hall–Kier alpha value is -0.490. The average molecular weight is 251 g/mol. The number of halogens is 1. The molecule has 0 N–H and O–H groups in total. The van der Waals surface area contributed by atoms with Gasteiger partial charge < -0.3 is 0 Å². The van der Waals surface area contributed by atoms with Crippen LogP contribution in [-0.4, -0.2) is 5.88 Å². The Morgan fingerprint density at radius 1 is 1.24 bits per heavy atom. The first kappa shape index (κ1) is 13.0. The standard InChI is InChI=1S/C16H23Cl/c1-12(2)14-6-4-13(5-7-14)10-16(3,11-17)15-8-9-15/h4-7,12,15H,8-11H2,1-3H3. The molecule has 0 spiro atoms. The van der Waals surface area contributed by atoms with Crippen molar-refractivity contribution in [1.82, 2.24) is 0 Å². The second-order valence-electron chi connectivity index (χ2n) is 6.13. The van der Waals surface area contributed by atoms with E-state index >= 15 is 0 Å². The van der Waals surface area contributed by atoms with Gasteiger partial charge in [0.2, 0.25) is 0 Å². The Kier molecular flexibility index (Phi) is 3.82. The van der Waals surface area contributed by atoms with Crippen LogP contribution in [0.25, 0.3) is 0 Å². The van der Waals surface area contributed by atoms with Gasteiger partial charge in [0.05, 0.1) is 0 Å². The summed E-state index contributed by atoms with van der Waals surface area (Å²) in [4.78, 5) is 0. The van der Waals surface area contributed by atoms with E-state index in [0.29, 0.717) is 11.3 Å². The molecule has 0 radical (unpaired) electrons. The fourth-order valence-corrected chi connectivity index (χ4v) is 2.88. The summed E-state index contributed by atoms with van der Waals surface area (Å²) in [6, 6.07) is 9.09. The van der Waals surface area contributed by atoms with Crippen LogP contribution in [-0.2, 0) is 6.42 Å². The van der Waals surface area contributed by atoms with Gasteiger partial charge in [-0.1, -0.05) is 45.0 Å². The minimum Gasteiger partial charge on any atom is -0.126 e. The highest BCUT2D eigenvalue weighted by Crippen LogP contribution is 2.48. The first-order valence-corrected chi connectivity index (χ1v) is 7.23. The molecule has 94 valence electrons. The lowest BCUT2D eigenvalue weighted by Gasteiger charge is -2.27. The molecule has 1 heteroatoms. The summed E-state index contributed by atoms with van der Waals surface area (Å²) in [6.07, 6.45) is 3.86. The minimum atomic E-state index is 0.306. The van der Waals surface area contributed by atoms with Crippen LogP contribution in [0.4, 0.5) is 0 Å². The molecule has 0 saturated heterocycles. The van der Waals surface area contributed by atoms with Gasteiger partial charge in [-0.3, -0.25) is 0 Å². The van der Waals surface area contributed by atoms with E-state index in [4.69, 9.17) is 11.6 Å². The first-order valence-electron chi connectivity index (χ1n) is 6.70. The summed E-state index contributed by atoms with van der Waals surface area (Å²) < 4.78 is 0. The maximum Gasteiger partial charge on any atom is 0.0283 e. The predicted octanol–water partition coefficient (Wildman–Crippen LogP) is 5.01. The molecule has 17 heavy (non-hydrogen) atoms. The molecule has 1 aromatic carbocycles. The van der Waals surface area contributed by atoms with Crippen molar-refractivity contribution in [1.29, 1.82) is 0 Å². The molecule has 0 aromatic heterocycles. The molecule has 1 atom stereocenters. The van der Waals surface area contributed by atoms with Gasteiger partial charge in [0.15, 0.2) is 0 Å². The van der Waals surface area contributed by atoms with E-state index in [1.54, 1.807) is 0 Å². The lowest BCUT2D eigenvalue weighted by molar-refractivity contribution is 0.313. The number of alkyl halides is 1. The highest BCUT2D eigenvalue weighted by atomic mass is 35.5. The van der Waals surface area contributed by atoms with Gasteiger partial charge in [0.25, 0.3) is 0 Å². The van der Waals surface area contributed by atoms with Gasteiger partial charge in [-0.2, -0.15) is 0 Å². The normalized spacial score (nSPS) is 19.4. The van der Waals surface area contributed by atoms with Gasteiger partial charge >= 0.3 is 0 Å². The number of hydrogen-bond acceptors (Lipinski definition) is 0. The Morgan fingerprint density at radius 2 is 1.82 bits per heavy atom. The molecule has 1 aromatic rings. The summed E-state index contributed by atoms with van der Waals surface area (Å²) >= 11 is 6.18. The Bertz CT molecular complexity index is 362. The van der Waals surface area contributed by atoms with Gasteiger partial charge in [0.1, 0.15) is 0 Å². The fraction of sp³-hybridized carbons (Fsp3) is 0.625. The van der Waals surface area contributed by atoms with Gasteiger partial charge in [-0.15, -0.1) is 11.6 Å². The van der Waals surface area contributed by atoms with Crippen molar-refractivity contribution in [2.75, 3.05) is 5.88 Å². The molecule has 0 bridgehead atoms. The quantitative estimate of drug-likeness (QED) is 0.645. The van der Waals surface area contributed by atoms with Crippen LogP contribution in [0.2, 0.25) is 0 Å². The third-order valence-corrected chi connectivity index (χ3v) is 4.73. The lowest BCUT2D eigenvalue weighted by Crippen LogP contribution is -2.24. The van der Waals surface area contributed by atoms with Crippen LogP contribution in [0.15, 0.2) is 24.3 Å². The SMILES string of the molecule is CC(C)c1ccc(CC(C)(CCl)C2CC2)cc1. The zero-order valence-corrected chi connectivity index (χ0v) is 11.9. The molecular formula is C16H23Cl. The average Bonchev–Trinajstić information content (AvgIpc) is 3.13. The van der Waals surface area contributed by atoms with Gasteiger partial charge in [0, 0.05) is 5.88 Å². The maximum absolute atomic E-state index is 6.18. The van der Waals surface area contributed by atoms with Gasteiger partial charge in [-0.25, -0.2) is 0 Å². The Labute approximate surface area is 110 Å². The molecular weight excluding hydrogens is 228 g/mol. The highest BCUT2D eigenvalue weighted by Gasteiger charge is 2.40. The molecule has 1 fully saturated rings. The largest absolute Gasteiger partial charge is 0.126 e. The van der Waals surface area contributed by atoms with Crippen molar-refractivity contribution in [3.05, 3.63) is 35.4 Å². The topological polar surface area (TPSA) is 0 Å². The van der Waals surface area contributed by atoms with Gasteiger partial charge in [-0.05, 0) is 47.6 Å². The summed E-state index contributed by atoms with van der Waals surface area (Å²) in [7, 11) is 0. The fourth-order valence-electron chi connectivity index (χ4n) is 2.57. The van der Waals surface area contributed by atoms with Crippen LogP contribution in [0, 0.1) is 11.3 Å². The smallest absolute Gasteiger partial charge is 0.0283 e. The monoisotopic (exact) mass is 250 g/mol. The third-order valence-electron chi connectivity index (χ3n) is 4.12. The first-order chi connectivity index (χ1) is 8.05. The van der Waals surface area contributed by atoms with Crippen molar-refractivity contribution >= 4 is 11.6 Å². The summed E-state index contributed by atoms with van der Waals surface area (Å²) in [5.41, 5.74) is 3.16. The van der Waals surface area contributed by atoms with E-state index in [1.165, 1.54) is 24.0 Å². The van der Waals surface area contributed by atoms with Crippen LogP contribution >= 0.6 is 11.6 Å². The van der Waals surface area contributed by atoms with Crippen molar-refractivity contribution in [3.63, 3.8) is 0 Å². The van der Waals surface area contributed by atoms with Crippen LogP contribution < -0.4 is 0 Å². The van der Waals surface area contributed by atoms with Crippen molar-refractivity contribution in [2.45, 2.75) is 46.0 Å². The van der Waals surface area contributed by atoms with Crippen LogP contribution in [0.1, 0.15) is 50.7 Å². The molecule has 0 heterocycles. The summed E-state index contributed by atoms with van der Waals surface area (Å²) in [5.74, 6) is 2.25. The van der Waals surface area contributed by atoms with E-state index in [2.05, 4.69) is 45.0 Å². The van der Waals surface area contributed by atoms with Crippen LogP contribution in [0.5, 0.6) is 0 Å². The molecule has 1 unspecified atom stereocenters. The minimum absolute atomic E-state index is 0.306. The summed E-state index contributed by atoms with van der Waals surface area (Å²) in [5, 5.41) is 0. The number of rotatable bonds is 5. The second-order valence-corrected chi connectivity index (χ2v) is 6.40. The molecule has 1 saturated carbocycles. The zero-order chi connectivity index (χ0) is 12.5. The van der Waals surface area contributed by atoms with Crippen molar-refractivity contribution < 1.29 is 0 Å². The third kappa shape index (κ3) is 3.04. The zero-order valence-electron chi connectivity index (χ0n) is 11.2.